The highest BCUT2D eigenvalue weighted by atomic mass is 16.6. The van der Waals surface area contributed by atoms with Crippen LogP contribution in [0.1, 0.15) is 47.5 Å². The Balaban J connectivity index is 2.48. The highest BCUT2D eigenvalue weighted by molar-refractivity contribution is 5.75. The summed E-state index contributed by atoms with van der Waals surface area (Å²) < 4.78 is 11.7. The van der Waals surface area contributed by atoms with Gasteiger partial charge in [0.05, 0.1) is 11.5 Å². The van der Waals surface area contributed by atoms with Crippen molar-refractivity contribution < 1.29 is 14.3 Å². The average molecular weight is 212 g/mol. The zero-order valence-corrected chi connectivity index (χ0v) is 10.2. The molecule has 3 aliphatic rings. The van der Waals surface area contributed by atoms with Crippen molar-refractivity contribution >= 4 is 5.97 Å². The summed E-state index contributed by atoms with van der Waals surface area (Å²) in [4.78, 5) is 11.9. The van der Waals surface area contributed by atoms with E-state index in [4.69, 9.17) is 9.47 Å². The van der Waals surface area contributed by atoms with E-state index >= 15 is 0 Å². The van der Waals surface area contributed by atoms with Crippen LogP contribution in [0.2, 0.25) is 0 Å². The van der Waals surface area contributed by atoms with Crippen molar-refractivity contribution in [3.8, 4) is 0 Å². The Hall–Kier alpha value is -0.570. The van der Waals surface area contributed by atoms with Crippen LogP contribution >= 0.6 is 0 Å². The smallest absolute Gasteiger partial charge is 0.312 e. The summed E-state index contributed by atoms with van der Waals surface area (Å²) in [5.74, 6) is -0.224. The van der Waals surface area contributed by atoms with Crippen molar-refractivity contribution in [2.45, 2.75) is 64.3 Å². The first kappa shape index (κ1) is 10.9. The van der Waals surface area contributed by atoms with Gasteiger partial charge in [0, 0.05) is 0 Å². The standard InChI is InChI=1S/C12H20O3/c1-10(2)8-6-7-12(5,15-10)11(3,4)14-9(8)13/h8H,6-7H2,1-5H3/t8-,12+/m1/s1. The van der Waals surface area contributed by atoms with E-state index < -0.39 is 11.2 Å². The molecule has 3 saturated heterocycles. The van der Waals surface area contributed by atoms with Crippen LogP contribution in [0.5, 0.6) is 0 Å². The first-order chi connectivity index (χ1) is 6.68. The van der Waals surface area contributed by atoms with Gasteiger partial charge in [-0.25, -0.2) is 0 Å². The Morgan fingerprint density at radius 1 is 1.20 bits per heavy atom. The van der Waals surface area contributed by atoms with Gasteiger partial charge in [-0.2, -0.15) is 0 Å². The minimum atomic E-state index is -0.535. The molecule has 0 aromatic heterocycles. The van der Waals surface area contributed by atoms with Crippen molar-refractivity contribution in [2.24, 2.45) is 5.92 Å². The monoisotopic (exact) mass is 212 g/mol. The van der Waals surface area contributed by atoms with Crippen LogP contribution in [0.3, 0.4) is 0 Å². The van der Waals surface area contributed by atoms with Crippen LogP contribution in [0, 0.1) is 5.92 Å². The summed E-state index contributed by atoms with van der Waals surface area (Å²) in [7, 11) is 0. The van der Waals surface area contributed by atoms with E-state index in [1.54, 1.807) is 0 Å². The molecule has 0 aromatic rings. The lowest BCUT2D eigenvalue weighted by molar-refractivity contribution is -0.221. The number of rotatable bonds is 0. The summed E-state index contributed by atoms with van der Waals surface area (Å²) in [6.45, 7) is 9.89. The molecule has 0 radical (unpaired) electrons. The molecule has 3 heterocycles. The number of hydrogen-bond donors (Lipinski definition) is 0. The highest BCUT2D eigenvalue weighted by Crippen LogP contribution is 2.49. The maximum absolute atomic E-state index is 11.9. The number of esters is 1. The van der Waals surface area contributed by atoms with Crippen molar-refractivity contribution in [2.75, 3.05) is 0 Å². The molecular weight excluding hydrogens is 192 g/mol. The zero-order valence-electron chi connectivity index (χ0n) is 10.2. The van der Waals surface area contributed by atoms with Crippen molar-refractivity contribution in [3.05, 3.63) is 0 Å². The summed E-state index contributed by atoms with van der Waals surface area (Å²) in [6, 6.07) is 0. The van der Waals surface area contributed by atoms with Crippen LogP contribution < -0.4 is 0 Å². The minimum Gasteiger partial charge on any atom is -0.456 e. The van der Waals surface area contributed by atoms with Gasteiger partial charge in [-0.1, -0.05) is 0 Å². The second-order valence-corrected chi connectivity index (χ2v) is 5.96. The SMILES string of the molecule is CC1(C)O[C@@]2(C)CC[C@@H]1C(=O)OC2(C)C. The van der Waals surface area contributed by atoms with Gasteiger partial charge in [-0.3, -0.25) is 4.79 Å². The van der Waals surface area contributed by atoms with Crippen LogP contribution in [0.4, 0.5) is 0 Å². The Labute approximate surface area is 91.1 Å². The molecule has 0 amide bonds. The second kappa shape index (κ2) is 2.76. The average Bonchev–Trinajstić information content (AvgIpc) is 2.09. The van der Waals surface area contributed by atoms with E-state index in [1.807, 2.05) is 34.6 Å². The number of fused-ring (bicyclic) bond motifs is 4. The Kier molecular flexibility index (Phi) is 2.01. The predicted octanol–water partition coefficient (Wildman–Crippen LogP) is 2.29. The molecule has 3 nitrogen and oxygen atoms in total. The number of carbonyl (C=O) groups is 1. The highest BCUT2D eigenvalue weighted by Gasteiger charge is 2.59. The maximum Gasteiger partial charge on any atom is 0.312 e. The zero-order chi connectivity index (χ0) is 11.5. The molecule has 2 atom stereocenters. The van der Waals surface area contributed by atoms with Gasteiger partial charge in [0.15, 0.2) is 0 Å². The molecule has 0 saturated carbocycles. The fourth-order valence-corrected chi connectivity index (χ4v) is 2.73. The normalized spacial score (nSPS) is 42.2. The van der Waals surface area contributed by atoms with Crippen molar-refractivity contribution in [1.82, 2.24) is 0 Å². The van der Waals surface area contributed by atoms with Gasteiger partial charge in [-0.15, -0.1) is 0 Å². The molecule has 3 heteroatoms. The van der Waals surface area contributed by atoms with E-state index in [-0.39, 0.29) is 17.5 Å². The number of hydrogen-bond acceptors (Lipinski definition) is 3. The maximum atomic E-state index is 11.9. The Bertz CT molecular complexity index is 306. The molecule has 3 fully saturated rings. The second-order valence-electron chi connectivity index (χ2n) is 5.96. The summed E-state index contributed by atoms with van der Waals surface area (Å²) in [5.41, 5.74) is -1.30. The van der Waals surface area contributed by atoms with Crippen LogP contribution in [0.25, 0.3) is 0 Å². The Morgan fingerprint density at radius 2 is 1.80 bits per heavy atom. The van der Waals surface area contributed by atoms with E-state index in [2.05, 4.69) is 0 Å². The minimum absolute atomic E-state index is 0.105. The third-order valence-corrected chi connectivity index (χ3v) is 4.15. The first-order valence-corrected chi connectivity index (χ1v) is 5.61. The van der Waals surface area contributed by atoms with Crippen LogP contribution in [-0.4, -0.2) is 22.8 Å². The molecule has 0 N–H and O–H groups in total. The molecule has 0 aliphatic carbocycles. The van der Waals surface area contributed by atoms with E-state index in [1.165, 1.54) is 0 Å². The molecule has 3 rings (SSSR count). The molecule has 0 aromatic carbocycles. The van der Waals surface area contributed by atoms with Crippen LogP contribution in [-0.2, 0) is 14.3 Å². The quantitative estimate of drug-likeness (QED) is 0.578. The fourth-order valence-electron chi connectivity index (χ4n) is 2.73. The van der Waals surface area contributed by atoms with Crippen molar-refractivity contribution in [1.29, 1.82) is 0 Å². The van der Waals surface area contributed by atoms with E-state index in [9.17, 15) is 4.79 Å². The molecule has 2 bridgehead atoms. The summed E-state index contributed by atoms with van der Waals surface area (Å²) in [5, 5.41) is 0. The number of ether oxygens (including phenoxy) is 2. The fraction of sp³-hybridized carbons (Fsp3) is 0.917. The largest absolute Gasteiger partial charge is 0.456 e. The lowest BCUT2D eigenvalue weighted by Crippen LogP contribution is -2.55. The van der Waals surface area contributed by atoms with Gasteiger partial charge in [0.25, 0.3) is 0 Å². The third kappa shape index (κ3) is 1.40. The third-order valence-electron chi connectivity index (χ3n) is 4.15. The molecule has 0 unspecified atom stereocenters. The van der Waals surface area contributed by atoms with Gasteiger partial charge in [-0.05, 0) is 47.5 Å². The Morgan fingerprint density at radius 3 is 2.33 bits per heavy atom. The lowest BCUT2D eigenvalue weighted by Gasteiger charge is -2.47. The molecule has 3 aliphatic heterocycles. The van der Waals surface area contributed by atoms with Crippen molar-refractivity contribution in [3.63, 3.8) is 0 Å². The molecule has 0 spiro atoms. The van der Waals surface area contributed by atoms with E-state index in [0.717, 1.165) is 12.8 Å². The van der Waals surface area contributed by atoms with E-state index in [0.29, 0.717) is 0 Å². The first-order valence-electron chi connectivity index (χ1n) is 5.61. The van der Waals surface area contributed by atoms with Crippen LogP contribution in [0.15, 0.2) is 0 Å². The number of carbonyl (C=O) groups excluding carboxylic acids is 1. The molecular formula is C12H20O3. The van der Waals surface area contributed by atoms with Gasteiger partial charge < -0.3 is 9.47 Å². The lowest BCUT2D eigenvalue weighted by atomic mass is 9.75. The van der Waals surface area contributed by atoms with Gasteiger partial charge in [0.2, 0.25) is 0 Å². The van der Waals surface area contributed by atoms with Gasteiger partial charge in [0.1, 0.15) is 11.2 Å². The molecule has 86 valence electrons. The predicted molar refractivity (Wildman–Crippen MR) is 56.5 cm³/mol. The summed E-state index contributed by atoms with van der Waals surface area (Å²) >= 11 is 0. The molecule has 15 heavy (non-hydrogen) atoms. The topological polar surface area (TPSA) is 35.5 Å². The van der Waals surface area contributed by atoms with Gasteiger partial charge >= 0.3 is 5.97 Å². The summed E-state index contributed by atoms with van der Waals surface area (Å²) in [6.07, 6.45) is 1.76.